The van der Waals surface area contributed by atoms with Gasteiger partial charge in [0.15, 0.2) is 0 Å². The number of alkyl halides is 3. The van der Waals surface area contributed by atoms with Crippen LogP contribution in [-0.2, 0) is 21.4 Å². The highest BCUT2D eigenvalue weighted by Gasteiger charge is 2.31. The summed E-state index contributed by atoms with van der Waals surface area (Å²) < 4.78 is 70.8. The van der Waals surface area contributed by atoms with E-state index >= 15 is 0 Å². The normalized spacial score (nSPS) is 12.0. The van der Waals surface area contributed by atoms with Crippen molar-refractivity contribution in [1.82, 2.24) is 10.0 Å². The van der Waals surface area contributed by atoms with E-state index in [0.29, 0.717) is 5.76 Å². The van der Waals surface area contributed by atoms with Crippen molar-refractivity contribution in [2.75, 3.05) is 6.54 Å². The molecular formula is C14H13F3N2O5S. The zero-order chi connectivity index (χ0) is 18.5. The average molecular weight is 378 g/mol. The maximum absolute atomic E-state index is 12.1. The molecule has 0 unspecified atom stereocenters. The quantitative estimate of drug-likeness (QED) is 0.765. The number of halogens is 3. The summed E-state index contributed by atoms with van der Waals surface area (Å²) in [5.41, 5.74) is 0. The van der Waals surface area contributed by atoms with Crippen molar-refractivity contribution >= 4 is 15.9 Å². The lowest BCUT2D eigenvalue weighted by Crippen LogP contribution is -2.36. The molecule has 0 aliphatic rings. The molecule has 0 radical (unpaired) electrons. The third-order valence-electron chi connectivity index (χ3n) is 2.83. The number of sulfonamides is 1. The summed E-state index contributed by atoms with van der Waals surface area (Å²) in [6.07, 6.45) is -3.44. The number of ether oxygens (including phenoxy) is 1. The number of rotatable bonds is 7. The van der Waals surface area contributed by atoms with Crippen LogP contribution in [0.3, 0.4) is 0 Å². The molecule has 0 aliphatic carbocycles. The highest BCUT2D eigenvalue weighted by Crippen LogP contribution is 2.23. The molecule has 2 aromatic rings. The van der Waals surface area contributed by atoms with Gasteiger partial charge in [-0.3, -0.25) is 4.79 Å². The minimum Gasteiger partial charge on any atom is -0.467 e. The highest BCUT2D eigenvalue weighted by atomic mass is 32.2. The molecule has 136 valence electrons. The summed E-state index contributed by atoms with van der Waals surface area (Å²) in [7, 11) is -4.06. The zero-order valence-corrected chi connectivity index (χ0v) is 13.4. The fraction of sp³-hybridized carbons (Fsp3) is 0.214. The van der Waals surface area contributed by atoms with Gasteiger partial charge in [0.25, 0.3) is 0 Å². The number of amides is 1. The molecule has 0 spiro atoms. The van der Waals surface area contributed by atoms with E-state index in [2.05, 4.69) is 10.1 Å². The summed E-state index contributed by atoms with van der Waals surface area (Å²) >= 11 is 0. The lowest BCUT2D eigenvalue weighted by molar-refractivity contribution is -0.274. The van der Waals surface area contributed by atoms with Crippen LogP contribution in [0.25, 0.3) is 0 Å². The van der Waals surface area contributed by atoms with Crippen LogP contribution in [0.15, 0.2) is 52.0 Å². The van der Waals surface area contributed by atoms with Gasteiger partial charge in [0.2, 0.25) is 15.9 Å². The van der Waals surface area contributed by atoms with Crippen LogP contribution in [0.1, 0.15) is 5.76 Å². The Morgan fingerprint density at radius 1 is 1.16 bits per heavy atom. The van der Waals surface area contributed by atoms with E-state index in [1.165, 1.54) is 6.26 Å². The van der Waals surface area contributed by atoms with Gasteiger partial charge in [0.1, 0.15) is 11.5 Å². The Balaban J connectivity index is 1.89. The second-order valence-corrected chi connectivity index (χ2v) is 6.47. The van der Waals surface area contributed by atoms with Crippen LogP contribution in [0.5, 0.6) is 5.75 Å². The van der Waals surface area contributed by atoms with E-state index in [1.54, 1.807) is 12.1 Å². The maximum Gasteiger partial charge on any atom is 0.573 e. The molecule has 0 atom stereocenters. The minimum absolute atomic E-state index is 0.0943. The van der Waals surface area contributed by atoms with E-state index in [4.69, 9.17) is 4.42 Å². The Kier molecular flexibility index (Phi) is 5.69. The Morgan fingerprint density at radius 2 is 1.84 bits per heavy atom. The second kappa shape index (κ2) is 7.57. The van der Waals surface area contributed by atoms with Gasteiger partial charge in [0, 0.05) is 0 Å². The third-order valence-corrected chi connectivity index (χ3v) is 4.25. The second-order valence-electron chi connectivity index (χ2n) is 4.70. The van der Waals surface area contributed by atoms with Gasteiger partial charge in [-0.15, -0.1) is 13.2 Å². The molecule has 2 N–H and O–H groups in total. The summed E-state index contributed by atoms with van der Waals surface area (Å²) in [6, 6.07) is 6.86. The van der Waals surface area contributed by atoms with Crippen LogP contribution in [-0.4, -0.2) is 27.2 Å². The molecule has 25 heavy (non-hydrogen) atoms. The van der Waals surface area contributed by atoms with E-state index in [1.807, 2.05) is 4.72 Å². The molecule has 2 rings (SSSR count). The predicted octanol–water partition coefficient (Wildman–Crippen LogP) is 1.77. The number of hydrogen-bond acceptors (Lipinski definition) is 5. The lowest BCUT2D eigenvalue weighted by atomic mass is 10.3. The largest absolute Gasteiger partial charge is 0.573 e. The van der Waals surface area contributed by atoms with Gasteiger partial charge < -0.3 is 14.5 Å². The van der Waals surface area contributed by atoms with Gasteiger partial charge >= 0.3 is 6.36 Å². The van der Waals surface area contributed by atoms with Gasteiger partial charge in [-0.2, -0.15) is 0 Å². The molecule has 0 aliphatic heterocycles. The molecule has 1 amide bonds. The number of hydrogen-bond donors (Lipinski definition) is 2. The first kappa shape index (κ1) is 18.8. The molecule has 0 saturated heterocycles. The van der Waals surface area contributed by atoms with Gasteiger partial charge in [-0.1, -0.05) is 0 Å². The topological polar surface area (TPSA) is 97.6 Å². The molecule has 0 bridgehead atoms. The van der Waals surface area contributed by atoms with Crippen LogP contribution in [0.4, 0.5) is 13.2 Å². The van der Waals surface area contributed by atoms with Crippen LogP contribution >= 0.6 is 0 Å². The third kappa shape index (κ3) is 6.12. The Morgan fingerprint density at radius 3 is 2.40 bits per heavy atom. The van der Waals surface area contributed by atoms with E-state index < -0.39 is 34.6 Å². The summed E-state index contributed by atoms with van der Waals surface area (Å²) in [4.78, 5) is 11.3. The fourth-order valence-electron chi connectivity index (χ4n) is 1.73. The van der Waals surface area contributed by atoms with Gasteiger partial charge in [0.05, 0.1) is 24.2 Å². The average Bonchev–Trinajstić information content (AvgIpc) is 3.03. The summed E-state index contributed by atoms with van der Waals surface area (Å²) in [5, 5.41) is 2.44. The zero-order valence-electron chi connectivity index (χ0n) is 12.5. The molecule has 1 aromatic carbocycles. The fourth-order valence-corrected chi connectivity index (χ4v) is 2.71. The molecule has 7 nitrogen and oxygen atoms in total. The van der Waals surface area contributed by atoms with Crippen molar-refractivity contribution in [2.45, 2.75) is 17.8 Å². The van der Waals surface area contributed by atoms with Crippen molar-refractivity contribution in [3.05, 3.63) is 48.4 Å². The number of carbonyl (C=O) groups is 1. The Labute approximate surface area is 140 Å². The van der Waals surface area contributed by atoms with Crippen molar-refractivity contribution in [2.24, 2.45) is 0 Å². The van der Waals surface area contributed by atoms with E-state index in [9.17, 15) is 26.4 Å². The van der Waals surface area contributed by atoms with E-state index in [-0.39, 0.29) is 11.4 Å². The predicted molar refractivity (Wildman–Crippen MR) is 78.9 cm³/mol. The van der Waals surface area contributed by atoms with Crippen molar-refractivity contribution < 1.29 is 35.5 Å². The first-order valence-electron chi connectivity index (χ1n) is 6.80. The van der Waals surface area contributed by atoms with Crippen LogP contribution in [0.2, 0.25) is 0 Å². The van der Waals surface area contributed by atoms with Crippen molar-refractivity contribution in [3.8, 4) is 5.75 Å². The smallest absolute Gasteiger partial charge is 0.467 e. The SMILES string of the molecule is O=C(CNS(=O)(=O)c1ccc(OC(F)(F)F)cc1)NCc1ccco1. The summed E-state index contributed by atoms with van der Waals surface area (Å²) in [6.45, 7) is -0.444. The molecule has 11 heteroatoms. The first-order valence-corrected chi connectivity index (χ1v) is 8.28. The number of furan rings is 1. The lowest BCUT2D eigenvalue weighted by Gasteiger charge is -2.10. The summed E-state index contributed by atoms with van der Waals surface area (Å²) in [5.74, 6) is -0.656. The van der Waals surface area contributed by atoms with Gasteiger partial charge in [-0.25, -0.2) is 13.1 Å². The Bertz CT molecular complexity index is 802. The number of carbonyl (C=O) groups excluding carboxylic acids is 1. The minimum atomic E-state index is -4.87. The maximum atomic E-state index is 12.1. The van der Waals surface area contributed by atoms with Crippen LogP contribution in [0, 0.1) is 0 Å². The molecule has 0 fully saturated rings. The molecule has 1 heterocycles. The van der Waals surface area contributed by atoms with Crippen molar-refractivity contribution in [1.29, 1.82) is 0 Å². The number of nitrogens with one attached hydrogen (secondary N) is 2. The number of benzene rings is 1. The molecule has 1 aromatic heterocycles. The van der Waals surface area contributed by atoms with Crippen LogP contribution < -0.4 is 14.8 Å². The van der Waals surface area contributed by atoms with E-state index in [0.717, 1.165) is 24.3 Å². The Hall–Kier alpha value is -2.53. The highest BCUT2D eigenvalue weighted by molar-refractivity contribution is 7.89. The van der Waals surface area contributed by atoms with Gasteiger partial charge in [-0.05, 0) is 36.4 Å². The first-order chi connectivity index (χ1) is 11.7. The molecular weight excluding hydrogens is 365 g/mol. The monoisotopic (exact) mass is 378 g/mol. The molecule has 0 saturated carbocycles. The standard InChI is InChI=1S/C14H13F3N2O5S/c15-14(16,17)24-10-3-5-12(6-4-10)25(21,22)19-9-13(20)18-8-11-2-1-7-23-11/h1-7,19H,8-9H2,(H,18,20). The van der Waals surface area contributed by atoms with Crippen molar-refractivity contribution in [3.63, 3.8) is 0 Å².